The van der Waals surface area contributed by atoms with Crippen molar-refractivity contribution in [3.8, 4) is 23.1 Å². The number of hydrogen-bond acceptors (Lipinski definition) is 7. The summed E-state index contributed by atoms with van der Waals surface area (Å²) in [7, 11) is -3.77. The van der Waals surface area contributed by atoms with Crippen molar-refractivity contribution in [3.05, 3.63) is 70.0 Å². The highest BCUT2D eigenvalue weighted by molar-refractivity contribution is 7.98. The van der Waals surface area contributed by atoms with Crippen LogP contribution in [0.25, 0.3) is 11.3 Å². The number of hydrogen-bond donors (Lipinski definition) is 1. The zero-order valence-electron chi connectivity index (χ0n) is 14.9. The Labute approximate surface area is 170 Å². The zero-order valence-corrected chi connectivity index (χ0v) is 16.5. The van der Waals surface area contributed by atoms with Gasteiger partial charge in [-0.05, 0) is 42.7 Å². The molecule has 0 spiro atoms. The molecule has 0 saturated heterocycles. The molecule has 2 aromatic carbocycles. The van der Waals surface area contributed by atoms with Crippen LogP contribution in [0.3, 0.4) is 0 Å². The number of H-pyrrole nitrogens is 1. The standard InChI is InChI=1S/C19H12N4O4S2/c1-28-19-21-16(14(10-20)17(24)22-19)11-6-8-12(9-7-11)27-18-13-4-2-3-5-15(13)29(25,26)23-18/h2-9H,1H3,(H,21,22,24). The number of rotatable bonds is 3. The highest BCUT2D eigenvalue weighted by atomic mass is 32.2. The SMILES string of the molecule is CSc1nc(-c2ccc(OC3=NS(=O)(=O)c4ccccc43)cc2)c(C#N)c(=O)[nH]1. The van der Waals surface area contributed by atoms with Crippen molar-refractivity contribution in [2.45, 2.75) is 10.1 Å². The minimum absolute atomic E-state index is 0.00925. The number of thioether (sulfide) groups is 1. The molecule has 1 N–H and O–H groups in total. The number of sulfonamides is 1. The molecule has 0 unspecified atom stereocenters. The fourth-order valence-electron chi connectivity index (χ4n) is 2.80. The van der Waals surface area contributed by atoms with Gasteiger partial charge < -0.3 is 9.72 Å². The molecule has 144 valence electrons. The fraction of sp³-hybridized carbons (Fsp3) is 0.0526. The smallest absolute Gasteiger partial charge is 0.286 e. The molecule has 0 bridgehead atoms. The van der Waals surface area contributed by atoms with Crippen LogP contribution in [0.15, 0.2) is 67.8 Å². The van der Waals surface area contributed by atoms with Crippen LogP contribution in [0.5, 0.6) is 5.75 Å². The normalized spacial score (nSPS) is 14.0. The highest BCUT2D eigenvalue weighted by Gasteiger charge is 2.30. The Morgan fingerprint density at radius 3 is 2.55 bits per heavy atom. The molecular weight excluding hydrogens is 412 g/mol. The summed E-state index contributed by atoms with van der Waals surface area (Å²) >= 11 is 1.26. The van der Waals surface area contributed by atoms with Gasteiger partial charge in [0.15, 0.2) is 5.16 Å². The van der Waals surface area contributed by atoms with E-state index in [1.807, 2.05) is 6.07 Å². The third-order valence-corrected chi connectivity index (χ3v) is 6.04. The number of fused-ring (bicyclic) bond motifs is 1. The monoisotopic (exact) mass is 424 g/mol. The summed E-state index contributed by atoms with van der Waals surface area (Å²) in [6.07, 6.45) is 1.76. The van der Waals surface area contributed by atoms with Crippen molar-refractivity contribution in [2.24, 2.45) is 4.40 Å². The van der Waals surface area contributed by atoms with Crippen molar-refractivity contribution in [2.75, 3.05) is 6.26 Å². The van der Waals surface area contributed by atoms with Gasteiger partial charge in [-0.15, -0.1) is 4.40 Å². The van der Waals surface area contributed by atoms with Gasteiger partial charge in [0.25, 0.3) is 15.6 Å². The lowest BCUT2D eigenvalue weighted by Gasteiger charge is -2.08. The number of nitrogens with one attached hydrogen (secondary N) is 1. The van der Waals surface area contributed by atoms with E-state index in [9.17, 15) is 18.5 Å². The lowest BCUT2D eigenvalue weighted by Crippen LogP contribution is -2.14. The molecule has 1 aromatic heterocycles. The second-order valence-corrected chi connectivity index (χ2v) is 8.27. The highest BCUT2D eigenvalue weighted by Crippen LogP contribution is 2.29. The molecule has 0 atom stereocenters. The molecule has 29 heavy (non-hydrogen) atoms. The first-order valence-electron chi connectivity index (χ1n) is 8.24. The third-order valence-electron chi connectivity index (χ3n) is 4.14. The van der Waals surface area contributed by atoms with Crippen molar-refractivity contribution in [3.63, 3.8) is 0 Å². The topological polar surface area (TPSA) is 125 Å². The van der Waals surface area contributed by atoms with Crippen molar-refractivity contribution in [1.29, 1.82) is 5.26 Å². The van der Waals surface area contributed by atoms with Crippen LogP contribution in [0.2, 0.25) is 0 Å². The molecule has 0 saturated carbocycles. The van der Waals surface area contributed by atoms with Crippen LogP contribution in [0.4, 0.5) is 0 Å². The number of ether oxygens (including phenoxy) is 1. The van der Waals surface area contributed by atoms with Crippen LogP contribution in [-0.2, 0) is 10.0 Å². The summed E-state index contributed by atoms with van der Waals surface area (Å²) in [6.45, 7) is 0. The number of nitrogens with zero attached hydrogens (tertiary/aromatic N) is 3. The van der Waals surface area contributed by atoms with E-state index in [0.29, 0.717) is 22.0 Å². The van der Waals surface area contributed by atoms with Gasteiger partial charge in [-0.1, -0.05) is 23.9 Å². The van der Waals surface area contributed by atoms with Gasteiger partial charge in [0.05, 0.1) is 11.3 Å². The number of aromatic amines is 1. The van der Waals surface area contributed by atoms with Crippen molar-refractivity contribution >= 4 is 27.7 Å². The summed E-state index contributed by atoms with van der Waals surface area (Å²) in [5.41, 5.74) is 0.611. The number of nitriles is 1. The lowest BCUT2D eigenvalue weighted by atomic mass is 10.1. The Balaban J connectivity index is 1.68. The van der Waals surface area contributed by atoms with Gasteiger partial charge in [-0.25, -0.2) is 4.98 Å². The summed E-state index contributed by atoms with van der Waals surface area (Å²) in [6, 6.07) is 14.7. The summed E-state index contributed by atoms with van der Waals surface area (Å²) in [5.74, 6) is 0.345. The molecule has 0 aliphatic carbocycles. The number of benzene rings is 2. The summed E-state index contributed by atoms with van der Waals surface area (Å²) in [4.78, 5) is 19.0. The van der Waals surface area contributed by atoms with Crippen LogP contribution in [-0.4, -0.2) is 30.5 Å². The maximum Gasteiger partial charge on any atom is 0.286 e. The quantitative estimate of drug-likeness (QED) is 0.506. The summed E-state index contributed by atoms with van der Waals surface area (Å²) < 4.78 is 33.6. The lowest BCUT2D eigenvalue weighted by molar-refractivity contribution is 0.554. The third kappa shape index (κ3) is 3.41. The van der Waals surface area contributed by atoms with E-state index in [0.717, 1.165) is 0 Å². The molecule has 2 heterocycles. The fourth-order valence-corrected chi connectivity index (χ4v) is 4.32. The van der Waals surface area contributed by atoms with E-state index in [4.69, 9.17) is 4.74 Å². The Hall–Kier alpha value is -3.42. The Morgan fingerprint density at radius 2 is 1.86 bits per heavy atom. The van der Waals surface area contributed by atoms with Gasteiger partial charge in [0, 0.05) is 5.56 Å². The Kier molecular flexibility index (Phi) is 4.70. The van der Waals surface area contributed by atoms with Crippen LogP contribution in [0, 0.1) is 11.3 Å². The maximum atomic E-state index is 12.1. The first-order valence-corrected chi connectivity index (χ1v) is 10.9. The van der Waals surface area contributed by atoms with Gasteiger partial charge in [0.1, 0.15) is 22.3 Å². The van der Waals surface area contributed by atoms with Crippen LogP contribution >= 0.6 is 11.8 Å². The minimum Gasteiger partial charge on any atom is -0.438 e. The van der Waals surface area contributed by atoms with Gasteiger partial charge in [-0.3, -0.25) is 4.79 Å². The maximum absolute atomic E-state index is 12.1. The predicted molar refractivity (Wildman–Crippen MR) is 108 cm³/mol. The van der Waals surface area contributed by atoms with Crippen molar-refractivity contribution in [1.82, 2.24) is 9.97 Å². The molecule has 0 fully saturated rings. The van der Waals surface area contributed by atoms with E-state index in [1.165, 1.54) is 17.8 Å². The molecule has 4 rings (SSSR count). The van der Waals surface area contributed by atoms with Gasteiger partial charge >= 0.3 is 0 Å². The van der Waals surface area contributed by atoms with E-state index >= 15 is 0 Å². The first-order chi connectivity index (χ1) is 13.9. The summed E-state index contributed by atoms with van der Waals surface area (Å²) in [5, 5.41) is 9.69. The predicted octanol–water partition coefficient (Wildman–Crippen LogP) is 2.56. The molecule has 0 radical (unpaired) electrons. The van der Waals surface area contributed by atoms with Gasteiger partial charge in [-0.2, -0.15) is 13.7 Å². The van der Waals surface area contributed by atoms with E-state index in [-0.39, 0.29) is 22.1 Å². The average molecular weight is 424 g/mol. The van der Waals surface area contributed by atoms with Crippen LogP contribution < -0.4 is 10.3 Å². The molecule has 3 aromatic rings. The molecule has 1 aliphatic heterocycles. The Bertz CT molecular complexity index is 1350. The zero-order chi connectivity index (χ0) is 20.6. The van der Waals surface area contributed by atoms with Crippen molar-refractivity contribution < 1.29 is 13.2 Å². The van der Waals surface area contributed by atoms with E-state index < -0.39 is 15.6 Å². The van der Waals surface area contributed by atoms with Gasteiger partial charge in [0.2, 0.25) is 5.90 Å². The van der Waals surface area contributed by atoms with Crippen LogP contribution in [0.1, 0.15) is 11.1 Å². The average Bonchev–Trinajstić information content (AvgIpc) is 2.98. The second kappa shape index (κ2) is 7.20. The Morgan fingerprint density at radius 1 is 1.14 bits per heavy atom. The molecule has 10 heteroatoms. The molecular formula is C19H12N4O4S2. The second-order valence-electron chi connectivity index (χ2n) is 5.90. The molecule has 8 nitrogen and oxygen atoms in total. The molecule has 1 aliphatic rings. The van der Waals surface area contributed by atoms with E-state index in [2.05, 4.69) is 14.4 Å². The first kappa shape index (κ1) is 18.9. The van der Waals surface area contributed by atoms with E-state index in [1.54, 1.807) is 48.7 Å². The minimum atomic E-state index is -3.77. The number of aromatic nitrogens is 2. The molecule has 0 amide bonds. The largest absolute Gasteiger partial charge is 0.438 e.